The highest BCUT2D eigenvalue weighted by Crippen LogP contribution is 2.17. The van der Waals surface area contributed by atoms with Crippen molar-refractivity contribution in [3.05, 3.63) is 35.4 Å². The molecule has 5 nitrogen and oxygen atoms in total. The predicted octanol–water partition coefficient (Wildman–Crippen LogP) is 3.77. The number of urea groups is 1. The molecule has 0 saturated carbocycles. The number of hydrogen-bond donors (Lipinski definition) is 1. The molecule has 0 aliphatic carbocycles. The maximum absolute atomic E-state index is 12.8. The zero-order valence-electron chi connectivity index (χ0n) is 16.8. The van der Waals surface area contributed by atoms with Crippen molar-refractivity contribution in [1.29, 1.82) is 0 Å². The van der Waals surface area contributed by atoms with Gasteiger partial charge >= 0.3 is 6.03 Å². The smallest absolute Gasteiger partial charge is 0.317 e. The molecule has 1 N–H and O–H groups in total. The number of benzene rings is 1. The Morgan fingerprint density at radius 1 is 1.19 bits per heavy atom. The monoisotopic (exact) mass is 373 g/mol. The van der Waals surface area contributed by atoms with Gasteiger partial charge in [-0.25, -0.2) is 4.79 Å². The van der Waals surface area contributed by atoms with Crippen molar-refractivity contribution >= 4 is 6.03 Å². The Morgan fingerprint density at radius 2 is 1.96 bits per heavy atom. The highest BCUT2D eigenvalue weighted by Gasteiger charge is 2.21. The Kier molecular flexibility index (Phi) is 7.96. The first kappa shape index (κ1) is 20.2. The Hall–Kier alpha value is -1.59. The number of nitrogens with zero attached hydrogens (tertiary/aromatic N) is 2. The molecule has 2 fully saturated rings. The summed E-state index contributed by atoms with van der Waals surface area (Å²) in [6.45, 7) is 8.38. The van der Waals surface area contributed by atoms with E-state index in [4.69, 9.17) is 4.74 Å². The number of carbonyl (C=O) groups excluding carboxylic acids is 1. The minimum atomic E-state index is 0.0296. The van der Waals surface area contributed by atoms with Crippen molar-refractivity contribution in [2.24, 2.45) is 0 Å². The predicted molar refractivity (Wildman–Crippen MR) is 109 cm³/mol. The lowest BCUT2D eigenvalue weighted by Gasteiger charge is -2.30. The van der Waals surface area contributed by atoms with Crippen LogP contribution in [0, 0.1) is 0 Å². The summed E-state index contributed by atoms with van der Waals surface area (Å²) in [5.74, 6) is 0. The van der Waals surface area contributed by atoms with Gasteiger partial charge in [0.25, 0.3) is 0 Å². The molecule has 2 amide bonds. The SMILES string of the molecule is CCCN(CC1CCCCO1)C(=O)NCc1ccccc1CN1CCCC1. The second-order valence-corrected chi connectivity index (χ2v) is 7.85. The van der Waals surface area contributed by atoms with Gasteiger partial charge in [0.2, 0.25) is 0 Å². The van der Waals surface area contributed by atoms with Crippen molar-refractivity contribution in [3.8, 4) is 0 Å². The van der Waals surface area contributed by atoms with E-state index < -0.39 is 0 Å². The Bertz CT molecular complexity index is 581. The maximum atomic E-state index is 12.8. The van der Waals surface area contributed by atoms with Crippen LogP contribution in [0.5, 0.6) is 0 Å². The van der Waals surface area contributed by atoms with E-state index in [1.807, 2.05) is 4.90 Å². The van der Waals surface area contributed by atoms with Crippen molar-refractivity contribution < 1.29 is 9.53 Å². The number of likely N-dealkylation sites (tertiary alicyclic amines) is 1. The van der Waals surface area contributed by atoms with Gasteiger partial charge < -0.3 is 15.0 Å². The van der Waals surface area contributed by atoms with E-state index in [9.17, 15) is 4.79 Å². The van der Waals surface area contributed by atoms with Crippen molar-refractivity contribution in [3.63, 3.8) is 0 Å². The van der Waals surface area contributed by atoms with Gasteiger partial charge in [-0.1, -0.05) is 31.2 Å². The fourth-order valence-corrected chi connectivity index (χ4v) is 4.09. The van der Waals surface area contributed by atoms with Crippen LogP contribution >= 0.6 is 0 Å². The van der Waals surface area contributed by atoms with Crippen LogP contribution < -0.4 is 5.32 Å². The van der Waals surface area contributed by atoms with Crippen molar-refractivity contribution in [2.45, 2.75) is 64.6 Å². The van der Waals surface area contributed by atoms with E-state index in [-0.39, 0.29) is 12.1 Å². The van der Waals surface area contributed by atoms with E-state index in [0.29, 0.717) is 13.1 Å². The Balaban J connectivity index is 1.54. The minimum Gasteiger partial charge on any atom is -0.376 e. The third kappa shape index (κ3) is 6.22. The number of hydrogen-bond acceptors (Lipinski definition) is 3. The van der Waals surface area contributed by atoms with Gasteiger partial charge in [-0.05, 0) is 62.7 Å². The normalized spacial score (nSPS) is 20.6. The summed E-state index contributed by atoms with van der Waals surface area (Å²) >= 11 is 0. The van der Waals surface area contributed by atoms with Crippen molar-refractivity contribution in [1.82, 2.24) is 15.1 Å². The lowest BCUT2D eigenvalue weighted by atomic mass is 10.1. The third-order valence-electron chi connectivity index (χ3n) is 5.62. The van der Waals surface area contributed by atoms with E-state index in [1.165, 1.54) is 43.5 Å². The van der Waals surface area contributed by atoms with E-state index in [1.54, 1.807) is 0 Å². The fraction of sp³-hybridized carbons (Fsp3) is 0.682. The standard InChI is InChI=1S/C22H35N3O2/c1-2-12-25(18-21-11-5-8-15-27-21)22(26)23-16-19-9-3-4-10-20(19)17-24-13-6-7-14-24/h3-4,9-10,21H,2,5-8,11-18H2,1H3,(H,23,26). The highest BCUT2D eigenvalue weighted by molar-refractivity contribution is 5.74. The zero-order valence-corrected chi connectivity index (χ0v) is 16.8. The first-order valence-corrected chi connectivity index (χ1v) is 10.7. The van der Waals surface area contributed by atoms with Gasteiger partial charge in [0.1, 0.15) is 0 Å². The van der Waals surface area contributed by atoms with Gasteiger partial charge in [0, 0.05) is 32.8 Å². The molecule has 3 rings (SSSR count). The topological polar surface area (TPSA) is 44.8 Å². The summed E-state index contributed by atoms with van der Waals surface area (Å²) < 4.78 is 5.83. The molecule has 0 radical (unpaired) electrons. The average molecular weight is 374 g/mol. The molecule has 1 unspecified atom stereocenters. The molecule has 2 heterocycles. The fourth-order valence-electron chi connectivity index (χ4n) is 4.09. The highest BCUT2D eigenvalue weighted by atomic mass is 16.5. The lowest BCUT2D eigenvalue weighted by molar-refractivity contribution is 0.000694. The Morgan fingerprint density at radius 3 is 2.67 bits per heavy atom. The first-order chi connectivity index (χ1) is 13.3. The lowest BCUT2D eigenvalue weighted by Crippen LogP contribution is -2.45. The van der Waals surface area contributed by atoms with E-state index >= 15 is 0 Å². The number of carbonyl (C=O) groups is 1. The molecular formula is C22H35N3O2. The molecule has 1 aromatic carbocycles. The van der Waals surface area contributed by atoms with Crippen LogP contribution in [0.15, 0.2) is 24.3 Å². The second kappa shape index (κ2) is 10.7. The molecule has 150 valence electrons. The van der Waals surface area contributed by atoms with Crippen LogP contribution in [0.2, 0.25) is 0 Å². The zero-order chi connectivity index (χ0) is 18.9. The van der Waals surface area contributed by atoms with Crippen LogP contribution in [0.4, 0.5) is 4.79 Å². The van der Waals surface area contributed by atoms with Crippen LogP contribution in [0.3, 0.4) is 0 Å². The summed E-state index contributed by atoms with van der Waals surface area (Å²) in [6.07, 6.45) is 7.17. The first-order valence-electron chi connectivity index (χ1n) is 10.7. The summed E-state index contributed by atoms with van der Waals surface area (Å²) in [6, 6.07) is 8.52. The molecule has 0 aromatic heterocycles. The van der Waals surface area contributed by atoms with E-state index in [2.05, 4.69) is 41.4 Å². The summed E-state index contributed by atoms with van der Waals surface area (Å²) in [5, 5.41) is 3.15. The van der Waals surface area contributed by atoms with E-state index in [0.717, 1.165) is 39.0 Å². The molecule has 0 bridgehead atoms. The van der Waals surface area contributed by atoms with Crippen LogP contribution in [-0.2, 0) is 17.8 Å². The van der Waals surface area contributed by atoms with Gasteiger partial charge in [-0.3, -0.25) is 4.90 Å². The Labute approximate surface area is 164 Å². The van der Waals surface area contributed by atoms with Gasteiger partial charge in [-0.15, -0.1) is 0 Å². The average Bonchev–Trinajstić information content (AvgIpc) is 3.21. The van der Waals surface area contributed by atoms with Crippen LogP contribution in [0.1, 0.15) is 56.6 Å². The molecule has 1 aromatic rings. The number of nitrogens with one attached hydrogen (secondary N) is 1. The maximum Gasteiger partial charge on any atom is 0.317 e. The largest absolute Gasteiger partial charge is 0.376 e. The molecule has 5 heteroatoms. The number of rotatable bonds is 8. The molecule has 2 aliphatic rings. The second-order valence-electron chi connectivity index (χ2n) is 7.85. The summed E-state index contributed by atoms with van der Waals surface area (Å²) in [7, 11) is 0. The molecular weight excluding hydrogens is 338 g/mol. The number of ether oxygens (including phenoxy) is 1. The van der Waals surface area contributed by atoms with Gasteiger partial charge in [0.15, 0.2) is 0 Å². The number of amides is 2. The molecule has 27 heavy (non-hydrogen) atoms. The molecule has 2 saturated heterocycles. The molecule has 1 atom stereocenters. The molecule has 0 spiro atoms. The summed E-state index contributed by atoms with van der Waals surface area (Å²) in [5.41, 5.74) is 2.56. The summed E-state index contributed by atoms with van der Waals surface area (Å²) in [4.78, 5) is 17.2. The molecule has 2 aliphatic heterocycles. The van der Waals surface area contributed by atoms with Gasteiger partial charge in [0.05, 0.1) is 6.10 Å². The van der Waals surface area contributed by atoms with Crippen LogP contribution in [0.25, 0.3) is 0 Å². The minimum absolute atomic E-state index is 0.0296. The van der Waals surface area contributed by atoms with Crippen LogP contribution in [-0.4, -0.2) is 54.7 Å². The van der Waals surface area contributed by atoms with Crippen molar-refractivity contribution in [2.75, 3.05) is 32.8 Å². The van der Waals surface area contributed by atoms with Gasteiger partial charge in [-0.2, -0.15) is 0 Å². The third-order valence-corrected chi connectivity index (χ3v) is 5.62. The quantitative estimate of drug-likeness (QED) is 0.754.